The third kappa shape index (κ3) is 4.03. The Balaban J connectivity index is 3.00. The van der Waals surface area contributed by atoms with Crippen LogP contribution < -0.4 is 5.32 Å². The molecule has 0 radical (unpaired) electrons. The van der Waals surface area contributed by atoms with Gasteiger partial charge in [0.05, 0.1) is 12.3 Å². The van der Waals surface area contributed by atoms with Gasteiger partial charge in [-0.05, 0) is 25.1 Å². The number of nitrogens with one attached hydrogen (secondary N) is 1. The second-order valence-electron chi connectivity index (χ2n) is 3.98. The van der Waals surface area contributed by atoms with Gasteiger partial charge in [-0.25, -0.2) is 4.39 Å². The minimum Gasteiger partial charge on any atom is -0.395 e. The minimum absolute atomic E-state index is 0.0293. The van der Waals surface area contributed by atoms with Gasteiger partial charge in [0.25, 0.3) is 5.91 Å². The van der Waals surface area contributed by atoms with Crippen molar-refractivity contribution in [3.63, 3.8) is 0 Å². The Labute approximate surface area is 111 Å². The molecule has 0 fully saturated rings. The molecule has 1 aromatic carbocycles. The summed E-state index contributed by atoms with van der Waals surface area (Å²) in [6.07, 6.45) is 0. The smallest absolute Gasteiger partial charge is 0.254 e. The Hall–Kier alpha value is -1.95. The highest BCUT2D eigenvalue weighted by molar-refractivity contribution is 5.96. The number of aliphatic hydroxyl groups is 1. The third-order valence-corrected chi connectivity index (χ3v) is 2.56. The number of halogens is 1. The molecule has 19 heavy (non-hydrogen) atoms. The first kappa shape index (κ1) is 15.1. The number of aliphatic hydroxyl groups excluding tert-OH is 1. The lowest BCUT2D eigenvalue weighted by Crippen LogP contribution is -2.33. The number of benzene rings is 1. The van der Waals surface area contributed by atoms with E-state index in [1.807, 2.05) is 0 Å². The molecule has 0 unspecified atom stereocenters. The molecule has 2 amide bonds. The van der Waals surface area contributed by atoms with Gasteiger partial charge in [0, 0.05) is 25.6 Å². The maximum absolute atomic E-state index is 13.4. The average Bonchev–Trinajstić information content (AvgIpc) is 2.37. The predicted octanol–water partition coefficient (Wildman–Crippen LogP) is 1.24. The lowest BCUT2D eigenvalue weighted by Gasteiger charge is -2.20. The number of amides is 2. The zero-order valence-electron chi connectivity index (χ0n) is 10.9. The molecule has 104 valence electrons. The van der Waals surface area contributed by atoms with Crippen molar-refractivity contribution in [2.75, 3.05) is 25.0 Å². The second-order valence-corrected chi connectivity index (χ2v) is 3.98. The fourth-order valence-electron chi connectivity index (χ4n) is 1.65. The Morgan fingerprint density at radius 2 is 2.11 bits per heavy atom. The van der Waals surface area contributed by atoms with Crippen LogP contribution >= 0.6 is 0 Å². The van der Waals surface area contributed by atoms with Crippen molar-refractivity contribution in [2.24, 2.45) is 0 Å². The Kier molecular flexibility index (Phi) is 5.44. The van der Waals surface area contributed by atoms with Gasteiger partial charge in [-0.1, -0.05) is 0 Å². The SMILES string of the molecule is CCN(CCO)C(=O)c1ccc(F)c(NC(C)=O)c1. The van der Waals surface area contributed by atoms with E-state index in [2.05, 4.69) is 5.32 Å². The van der Waals surface area contributed by atoms with E-state index in [1.54, 1.807) is 6.92 Å². The summed E-state index contributed by atoms with van der Waals surface area (Å²) in [7, 11) is 0. The van der Waals surface area contributed by atoms with Crippen molar-refractivity contribution in [1.82, 2.24) is 4.90 Å². The van der Waals surface area contributed by atoms with E-state index in [-0.39, 0.29) is 30.3 Å². The van der Waals surface area contributed by atoms with Crippen LogP contribution in [0.1, 0.15) is 24.2 Å². The van der Waals surface area contributed by atoms with E-state index >= 15 is 0 Å². The van der Waals surface area contributed by atoms with Crippen molar-refractivity contribution >= 4 is 17.5 Å². The summed E-state index contributed by atoms with van der Waals surface area (Å²) in [5, 5.41) is 11.2. The molecule has 0 bridgehead atoms. The van der Waals surface area contributed by atoms with E-state index in [9.17, 15) is 14.0 Å². The summed E-state index contributed by atoms with van der Waals surface area (Å²) in [4.78, 5) is 24.5. The van der Waals surface area contributed by atoms with E-state index in [0.717, 1.165) is 6.07 Å². The molecule has 0 heterocycles. The summed E-state index contributed by atoms with van der Waals surface area (Å²) in [5.41, 5.74) is 0.235. The van der Waals surface area contributed by atoms with E-state index in [1.165, 1.54) is 24.0 Å². The standard InChI is InChI=1S/C13H17FN2O3/c1-3-16(6-7-17)13(19)10-4-5-11(14)12(8-10)15-9(2)18/h4-5,8,17H,3,6-7H2,1-2H3,(H,15,18). The highest BCUT2D eigenvalue weighted by Crippen LogP contribution is 2.17. The van der Waals surface area contributed by atoms with Gasteiger partial charge in [0.1, 0.15) is 5.82 Å². The summed E-state index contributed by atoms with van der Waals surface area (Å²) in [6.45, 7) is 3.55. The highest BCUT2D eigenvalue weighted by atomic mass is 19.1. The average molecular weight is 268 g/mol. The number of rotatable bonds is 5. The first-order valence-electron chi connectivity index (χ1n) is 5.96. The third-order valence-electron chi connectivity index (χ3n) is 2.56. The zero-order chi connectivity index (χ0) is 14.4. The molecule has 0 saturated carbocycles. The van der Waals surface area contributed by atoms with Gasteiger partial charge in [0.15, 0.2) is 0 Å². The summed E-state index contributed by atoms with van der Waals surface area (Å²) in [5.74, 6) is -1.33. The van der Waals surface area contributed by atoms with Crippen LogP contribution in [0.3, 0.4) is 0 Å². The molecule has 0 spiro atoms. The van der Waals surface area contributed by atoms with E-state index in [4.69, 9.17) is 5.11 Å². The number of likely N-dealkylation sites (N-methyl/N-ethyl adjacent to an activating group) is 1. The van der Waals surface area contributed by atoms with Crippen LogP contribution in [0, 0.1) is 5.82 Å². The van der Waals surface area contributed by atoms with Crippen molar-refractivity contribution < 1.29 is 19.1 Å². The first-order chi connectivity index (χ1) is 8.99. The minimum atomic E-state index is -0.600. The number of carbonyl (C=O) groups is 2. The molecule has 0 aliphatic rings. The van der Waals surface area contributed by atoms with Crippen LogP contribution in [-0.2, 0) is 4.79 Å². The molecule has 1 aromatic rings. The monoisotopic (exact) mass is 268 g/mol. The van der Waals surface area contributed by atoms with Gasteiger partial charge in [-0.3, -0.25) is 9.59 Å². The Bertz CT molecular complexity index is 477. The zero-order valence-corrected chi connectivity index (χ0v) is 10.9. The van der Waals surface area contributed by atoms with Crippen LogP contribution in [0.4, 0.5) is 10.1 Å². The fraction of sp³-hybridized carbons (Fsp3) is 0.385. The number of hydrogen-bond acceptors (Lipinski definition) is 3. The molecule has 0 aliphatic carbocycles. The number of carbonyl (C=O) groups excluding carboxylic acids is 2. The molecule has 0 atom stereocenters. The quantitative estimate of drug-likeness (QED) is 0.844. The van der Waals surface area contributed by atoms with Crippen LogP contribution in [0.25, 0.3) is 0 Å². The highest BCUT2D eigenvalue weighted by Gasteiger charge is 2.15. The molecule has 2 N–H and O–H groups in total. The molecule has 0 saturated heterocycles. The topological polar surface area (TPSA) is 69.6 Å². The second kappa shape index (κ2) is 6.84. The van der Waals surface area contributed by atoms with Crippen LogP contribution in [-0.4, -0.2) is 41.5 Å². The lowest BCUT2D eigenvalue weighted by atomic mass is 10.1. The molecular formula is C13H17FN2O3. The predicted molar refractivity (Wildman–Crippen MR) is 69.4 cm³/mol. The van der Waals surface area contributed by atoms with Gasteiger partial charge in [-0.2, -0.15) is 0 Å². The summed E-state index contributed by atoms with van der Waals surface area (Å²) >= 11 is 0. The maximum atomic E-state index is 13.4. The van der Waals surface area contributed by atoms with Crippen LogP contribution in [0.15, 0.2) is 18.2 Å². The van der Waals surface area contributed by atoms with E-state index < -0.39 is 11.7 Å². The van der Waals surface area contributed by atoms with Crippen LogP contribution in [0.2, 0.25) is 0 Å². The van der Waals surface area contributed by atoms with Crippen LogP contribution in [0.5, 0.6) is 0 Å². The largest absolute Gasteiger partial charge is 0.395 e. The molecule has 0 aromatic heterocycles. The van der Waals surface area contributed by atoms with Crippen molar-refractivity contribution in [3.8, 4) is 0 Å². The van der Waals surface area contributed by atoms with Crippen molar-refractivity contribution in [2.45, 2.75) is 13.8 Å². The Morgan fingerprint density at radius 3 is 2.63 bits per heavy atom. The van der Waals surface area contributed by atoms with E-state index in [0.29, 0.717) is 6.54 Å². The van der Waals surface area contributed by atoms with Gasteiger partial charge in [-0.15, -0.1) is 0 Å². The maximum Gasteiger partial charge on any atom is 0.254 e. The Morgan fingerprint density at radius 1 is 1.42 bits per heavy atom. The number of hydrogen-bond donors (Lipinski definition) is 2. The summed E-state index contributed by atoms with van der Waals surface area (Å²) < 4.78 is 13.4. The lowest BCUT2D eigenvalue weighted by molar-refractivity contribution is -0.114. The van der Waals surface area contributed by atoms with Gasteiger partial charge in [0.2, 0.25) is 5.91 Å². The fourth-order valence-corrected chi connectivity index (χ4v) is 1.65. The van der Waals surface area contributed by atoms with Gasteiger partial charge >= 0.3 is 0 Å². The van der Waals surface area contributed by atoms with Gasteiger partial charge < -0.3 is 15.3 Å². The first-order valence-corrected chi connectivity index (χ1v) is 5.96. The molecule has 5 nitrogen and oxygen atoms in total. The van der Waals surface area contributed by atoms with Crippen molar-refractivity contribution in [3.05, 3.63) is 29.6 Å². The molecule has 1 rings (SSSR count). The summed E-state index contributed by atoms with van der Waals surface area (Å²) in [6, 6.07) is 3.77. The molecular weight excluding hydrogens is 251 g/mol. The number of nitrogens with zero attached hydrogens (tertiary/aromatic N) is 1. The van der Waals surface area contributed by atoms with Crippen molar-refractivity contribution in [1.29, 1.82) is 0 Å². The molecule has 6 heteroatoms. The molecule has 0 aliphatic heterocycles. The number of anilines is 1. The normalized spacial score (nSPS) is 10.1.